The molecule has 0 aliphatic carbocycles. The predicted molar refractivity (Wildman–Crippen MR) is 615 cm³/mol. The summed E-state index contributed by atoms with van der Waals surface area (Å²) in [6, 6.07) is 167. The zero-order valence-electron chi connectivity index (χ0n) is 82.7. The molecule has 0 bridgehead atoms. The van der Waals surface area contributed by atoms with Gasteiger partial charge in [0.2, 0.25) is 0 Å². The second-order valence-electron chi connectivity index (χ2n) is 39.6. The Morgan fingerprint density at radius 1 is 0.182 bits per heavy atom. The van der Waals surface area contributed by atoms with E-state index in [4.69, 9.17) is 24.9 Å². The smallest absolute Gasteiger partial charge is 0.149 e. The first-order chi connectivity index (χ1) is 72.7. The number of benzene rings is 19. The standard InChI is InChI=1S/C48H33N5.C45H34N4.C42H30N4/c1-30-47-41-29-36(23-26-46(41)53(34-15-7-4-8-16-34)48(47)50-31(2)49-30)52-44-24-21-33(32-13-5-3-6-14-32)27-39(44)40-28-35(22-25-45(40)52)51-42-19-11-9-17-37(42)38-18-10-12-20-43(38)51;1-29-21-24-43-44(46-29)35-28-32(23-26-40(35)47(43)30-13-5-4-6-14-30)48-38-18-10-7-15-33(38)34-27-31(22-25-39(34)48)49-41-19-11-8-16-36(41)45(2,3)37-17-9-12-20-42(37)49;1-27-41-37-26-34(20-23-40(37)46(33-16-10-5-11-17-33)42(41)44-28(2)43-27)45-38-21-18-31(29-12-6-3-7-13-29)24-35(38)36-25-32(19-22-39(36)45)30-14-8-4-9-15-30/h3-29H,1-2H3;4-28H,1-3H3;3-26H,1-2H3. The van der Waals surface area contributed by atoms with Crippen LogP contribution in [0.2, 0.25) is 0 Å². The molecule has 0 spiro atoms. The number of pyridine rings is 1. The van der Waals surface area contributed by atoms with E-state index in [1.807, 2.05) is 13.8 Å². The van der Waals surface area contributed by atoms with Gasteiger partial charge in [-0.15, -0.1) is 0 Å². The minimum atomic E-state index is -0.0977. The van der Waals surface area contributed by atoms with Crippen LogP contribution < -0.4 is 4.90 Å². The molecule has 702 valence electrons. The van der Waals surface area contributed by atoms with Crippen LogP contribution in [0.3, 0.4) is 0 Å². The second-order valence-corrected chi connectivity index (χ2v) is 39.6. The molecule has 0 unspecified atom stereocenters. The van der Waals surface area contributed by atoms with Gasteiger partial charge in [0, 0.05) is 127 Å². The fourth-order valence-electron chi connectivity index (χ4n) is 24.0. The summed E-state index contributed by atoms with van der Waals surface area (Å²) in [7, 11) is 0. The van der Waals surface area contributed by atoms with Crippen molar-refractivity contribution < 1.29 is 0 Å². The Hall–Kier alpha value is -19.1. The van der Waals surface area contributed by atoms with E-state index in [2.05, 4.69) is 533 Å². The molecule has 148 heavy (non-hydrogen) atoms. The van der Waals surface area contributed by atoms with Crippen LogP contribution in [0.25, 0.3) is 226 Å². The van der Waals surface area contributed by atoms with Crippen LogP contribution in [0.4, 0.5) is 17.1 Å². The third-order valence-corrected chi connectivity index (χ3v) is 30.5. The van der Waals surface area contributed by atoms with Crippen LogP contribution in [0, 0.1) is 34.6 Å². The normalized spacial score (nSPS) is 12.5. The SMILES string of the molecule is Cc1ccc2c(n1)c1cc(-n3c4ccccc4c4cc(N5c6ccccc6C(C)(C)c6ccccc65)ccc43)ccc1n2-c1ccccc1.Cc1nc(C)c2c3cc(-n4c5ccc(-c6ccccc6)cc5c5cc(-c6ccccc6)ccc54)ccc3n(-c3ccccc3)c2n1.Cc1nc(C)c2c3cc(-n4c5ccc(-c6ccccc6)cc5c5cc(-n6c7ccccc7c7ccccc76)ccc54)ccc3n(-c3ccccc3)c2n1. The van der Waals surface area contributed by atoms with Gasteiger partial charge in [0.15, 0.2) is 0 Å². The number of hydrogen-bond acceptors (Lipinski definition) is 6. The molecule has 10 aromatic heterocycles. The largest absolute Gasteiger partial charge is 0.310 e. The van der Waals surface area contributed by atoms with Crippen LogP contribution in [-0.2, 0) is 5.41 Å². The van der Waals surface area contributed by atoms with Crippen molar-refractivity contribution in [1.82, 2.24) is 56.9 Å². The molecule has 19 aromatic carbocycles. The first-order valence-corrected chi connectivity index (χ1v) is 50.8. The molecule has 13 heteroatoms. The summed E-state index contributed by atoms with van der Waals surface area (Å²) in [6.45, 7) is 14.9. The van der Waals surface area contributed by atoms with E-state index in [1.165, 1.54) is 132 Å². The number of rotatable bonds is 11. The Morgan fingerprint density at radius 3 is 0.851 bits per heavy atom. The van der Waals surface area contributed by atoms with Crippen molar-refractivity contribution >= 4 is 170 Å². The van der Waals surface area contributed by atoms with E-state index in [9.17, 15) is 0 Å². The molecular formula is C135H97N13. The summed E-state index contributed by atoms with van der Waals surface area (Å²) in [5, 5.41) is 15.5. The van der Waals surface area contributed by atoms with Crippen LogP contribution in [0.5, 0.6) is 0 Å². The number of nitrogens with zero attached hydrogens (tertiary/aromatic N) is 13. The third kappa shape index (κ3) is 13.9. The summed E-state index contributed by atoms with van der Waals surface area (Å²) in [5.41, 5.74) is 41.0. The van der Waals surface area contributed by atoms with Crippen molar-refractivity contribution in [1.29, 1.82) is 0 Å². The number of aromatic nitrogens is 12. The number of aryl methyl sites for hydroxylation is 5. The molecule has 0 saturated carbocycles. The number of fused-ring (bicyclic) bond motifs is 23. The minimum absolute atomic E-state index is 0.0977. The van der Waals surface area contributed by atoms with Gasteiger partial charge in [-0.25, -0.2) is 19.9 Å². The van der Waals surface area contributed by atoms with Crippen LogP contribution in [0.15, 0.2) is 461 Å². The Bertz CT molecular complexity index is 10300. The van der Waals surface area contributed by atoms with Crippen molar-refractivity contribution in [2.75, 3.05) is 4.90 Å². The first kappa shape index (κ1) is 86.7. The summed E-state index contributed by atoms with van der Waals surface area (Å²) >= 11 is 0. The highest BCUT2D eigenvalue weighted by molar-refractivity contribution is 6.19. The van der Waals surface area contributed by atoms with Gasteiger partial charge in [-0.05, 0) is 285 Å². The summed E-state index contributed by atoms with van der Waals surface area (Å²) in [6.07, 6.45) is 0. The Morgan fingerprint density at radius 2 is 0.453 bits per heavy atom. The zero-order chi connectivity index (χ0) is 98.8. The summed E-state index contributed by atoms with van der Waals surface area (Å²) in [5.74, 6) is 1.54. The molecule has 0 N–H and O–H groups in total. The lowest BCUT2D eigenvalue weighted by molar-refractivity contribution is 0.632. The van der Waals surface area contributed by atoms with E-state index < -0.39 is 0 Å². The zero-order valence-corrected chi connectivity index (χ0v) is 82.7. The van der Waals surface area contributed by atoms with E-state index in [-0.39, 0.29) is 5.41 Å². The first-order valence-electron chi connectivity index (χ1n) is 50.8. The molecular weight excluding hydrogens is 1800 g/mol. The van der Waals surface area contributed by atoms with E-state index in [0.717, 1.165) is 151 Å². The van der Waals surface area contributed by atoms with Crippen molar-refractivity contribution in [2.45, 2.75) is 53.9 Å². The molecule has 1 aliphatic rings. The van der Waals surface area contributed by atoms with Crippen molar-refractivity contribution in [3.63, 3.8) is 0 Å². The highest BCUT2D eigenvalue weighted by atomic mass is 15.2. The second kappa shape index (κ2) is 34.3. The van der Waals surface area contributed by atoms with Crippen LogP contribution >= 0.6 is 0 Å². The highest BCUT2D eigenvalue weighted by Crippen LogP contribution is 2.54. The minimum Gasteiger partial charge on any atom is -0.310 e. The van der Waals surface area contributed by atoms with Gasteiger partial charge in [0.1, 0.15) is 22.9 Å². The summed E-state index contributed by atoms with van der Waals surface area (Å²) < 4.78 is 16.5. The maximum Gasteiger partial charge on any atom is 0.149 e. The quantitative estimate of drug-likeness (QED) is 0.128. The average molecular weight is 1900 g/mol. The molecule has 0 saturated heterocycles. The molecule has 0 fully saturated rings. The van der Waals surface area contributed by atoms with Crippen LogP contribution in [-0.4, -0.2) is 56.9 Å². The molecule has 0 amide bonds. The molecule has 29 aromatic rings. The molecule has 13 nitrogen and oxygen atoms in total. The lowest BCUT2D eigenvalue weighted by Gasteiger charge is -2.42. The molecule has 11 heterocycles. The fraction of sp³-hybridized carbons (Fsp3) is 0.0593. The maximum absolute atomic E-state index is 5.07. The summed E-state index contributed by atoms with van der Waals surface area (Å²) in [4.78, 5) is 27.1. The monoisotopic (exact) mass is 1900 g/mol. The number of anilines is 3. The van der Waals surface area contributed by atoms with Crippen molar-refractivity contribution in [3.8, 4) is 73.2 Å². The molecule has 0 atom stereocenters. The van der Waals surface area contributed by atoms with Gasteiger partial charge in [-0.2, -0.15) is 0 Å². The van der Waals surface area contributed by atoms with Gasteiger partial charge < -0.3 is 27.7 Å². The van der Waals surface area contributed by atoms with E-state index >= 15 is 0 Å². The Labute approximate surface area is 853 Å². The van der Waals surface area contributed by atoms with Gasteiger partial charge in [0.05, 0.1) is 94.5 Å². The molecule has 30 rings (SSSR count). The lowest BCUT2D eigenvalue weighted by atomic mass is 9.73. The van der Waals surface area contributed by atoms with Gasteiger partial charge >= 0.3 is 0 Å². The van der Waals surface area contributed by atoms with E-state index in [0.29, 0.717) is 0 Å². The lowest BCUT2D eigenvalue weighted by Crippen LogP contribution is -2.30. The maximum atomic E-state index is 5.07. The number of hydrogen-bond donors (Lipinski definition) is 0. The van der Waals surface area contributed by atoms with Gasteiger partial charge in [-0.1, -0.05) is 269 Å². The topological polar surface area (TPSA) is 102 Å². The van der Waals surface area contributed by atoms with Crippen molar-refractivity contribution in [3.05, 3.63) is 501 Å². The van der Waals surface area contributed by atoms with Crippen molar-refractivity contribution in [2.24, 2.45) is 0 Å². The Balaban J connectivity index is 0.000000107. The van der Waals surface area contributed by atoms with Gasteiger partial charge in [-0.3, -0.25) is 14.1 Å². The van der Waals surface area contributed by atoms with E-state index in [1.54, 1.807) is 0 Å². The fourth-order valence-corrected chi connectivity index (χ4v) is 24.0. The third-order valence-electron chi connectivity index (χ3n) is 30.5. The average Bonchev–Trinajstić information content (AvgIpc) is 1.61. The Kier molecular flexibility index (Phi) is 20.1. The highest BCUT2D eigenvalue weighted by Gasteiger charge is 2.37. The molecule has 1 aliphatic heterocycles. The van der Waals surface area contributed by atoms with Gasteiger partial charge in [0.25, 0.3) is 0 Å². The predicted octanol–water partition coefficient (Wildman–Crippen LogP) is 34.4. The number of para-hydroxylation sites is 8. The molecule has 0 radical (unpaired) electrons. The van der Waals surface area contributed by atoms with Crippen LogP contribution in [0.1, 0.15) is 53.7 Å².